The zero-order chi connectivity index (χ0) is 21.1. The molecule has 148 valence electrons. The maximum absolute atomic E-state index is 13.2. The minimum absolute atomic E-state index is 0.0192. The van der Waals surface area contributed by atoms with E-state index in [2.05, 4.69) is 5.32 Å². The van der Waals surface area contributed by atoms with Crippen molar-refractivity contribution in [1.29, 1.82) is 0 Å². The zero-order valence-corrected chi connectivity index (χ0v) is 16.2. The molecule has 2 rings (SSSR count). The van der Waals surface area contributed by atoms with E-state index in [0.717, 1.165) is 6.92 Å². The van der Waals surface area contributed by atoms with Crippen LogP contribution >= 0.6 is 11.6 Å². The van der Waals surface area contributed by atoms with Crippen molar-refractivity contribution in [2.75, 3.05) is 13.2 Å². The van der Waals surface area contributed by atoms with Crippen molar-refractivity contribution in [3.63, 3.8) is 0 Å². The molecule has 1 aromatic carbocycles. The van der Waals surface area contributed by atoms with Crippen LogP contribution in [0, 0.1) is 0 Å². The molecule has 0 aromatic heterocycles. The lowest BCUT2D eigenvalue weighted by Gasteiger charge is -2.33. The Kier molecular flexibility index (Phi) is 6.35. The first-order valence-corrected chi connectivity index (χ1v) is 8.81. The average molecular weight is 408 g/mol. The normalized spacial score (nSPS) is 13.7. The predicted octanol–water partition coefficient (Wildman–Crippen LogP) is 1.56. The van der Waals surface area contributed by atoms with E-state index in [1.165, 1.54) is 38.1 Å². The monoisotopic (exact) mass is 407 g/mol. The van der Waals surface area contributed by atoms with Gasteiger partial charge in [-0.25, -0.2) is 9.59 Å². The maximum atomic E-state index is 13.2. The number of allylic oxidation sites excluding steroid dienone is 1. The van der Waals surface area contributed by atoms with Crippen molar-refractivity contribution in [1.82, 2.24) is 5.32 Å². The molecule has 8 nitrogen and oxygen atoms in total. The molecule has 0 spiro atoms. The predicted molar refractivity (Wildman–Crippen MR) is 97.8 cm³/mol. The highest BCUT2D eigenvalue weighted by Crippen LogP contribution is 2.36. The van der Waals surface area contributed by atoms with Gasteiger partial charge in [0.25, 0.3) is 5.54 Å². The van der Waals surface area contributed by atoms with Gasteiger partial charge in [0, 0.05) is 18.1 Å². The van der Waals surface area contributed by atoms with Crippen molar-refractivity contribution in [3.8, 4) is 0 Å². The first-order valence-electron chi connectivity index (χ1n) is 8.44. The average Bonchev–Trinajstić information content (AvgIpc) is 2.65. The number of esters is 2. The highest BCUT2D eigenvalue weighted by Gasteiger charge is 2.58. The van der Waals surface area contributed by atoms with Gasteiger partial charge in [0.15, 0.2) is 5.78 Å². The molecular formula is C19H18ClNO7. The molecule has 0 aliphatic heterocycles. The molecule has 1 aliphatic carbocycles. The number of Topliss-reactive ketones (excluding diaryl/α,β-unsaturated/α-hetero) is 2. The highest BCUT2D eigenvalue weighted by molar-refractivity contribution is 6.51. The number of benzene rings is 1. The van der Waals surface area contributed by atoms with Crippen LogP contribution in [0.25, 0.3) is 0 Å². The number of fused-ring (bicyclic) bond motifs is 1. The number of ether oxygens (including phenoxy) is 2. The van der Waals surface area contributed by atoms with Crippen LogP contribution in [0.2, 0.25) is 0 Å². The minimum Gasteiger partial charge on any atom is -0.464 e. The van der Waals surface area contributed by atoms with Crippen LogP contribution in [0.15, 0.2) is 34.9 Å². The van der Waals surface area contributed by atoms with Crippen LogP contribution in [0.5, 0.6) is 0 Å². The Balaban J connectivity index is 2.85. The largest absolute Gasteiger partial charge is 0.464 e. The third-order valence-electron chi connectivity index (χ3n) is 3.96. The number of hydrogen-bond acceptors (Lipinski definition) is 7. The van der Waals surface area contributed by atoms with Crippen molar-refractivity contribution in [2.24, 2.45) is 0 Å². The third-order valence-corrected chi connectivity index (χ3v) is 4.32. The molecule has 1 aliphatic rings. The van der Waals surface area contributed by atoms with Gasteiger partial charge in [-0.3, -0.25) is 14.4 Å². The lowest BCUT2D eigenvalue weighted by Crippen LogP contribution is -2.64. The van der Waals surface area contributed by atoms with E-state index in [0.29, 0.717) is 0 Å². The molecule has 0 bridgehead atoms. The lowest BCUT2D eigenvalue weighted by molar-refractivity contribution is -0.165. The fraction of sp³-hybridized carbons (Fsp3) is 0.316. The first-order chi connectivity index (χ1) is 13.2. The second-order valence-corrected chi connectivity index (χ2v) is 6.14. The SMILES string of the molecule is CCOC(=O)C(NC(C)=O)(C(=O)OCC)C1=C(Cl)C(=O)c2ccccc2C1=O. The van der Waals surface area contributed by atoms with Crippen molar-refractivity contribution in [3.05, 3.63) is 46.0 Å². The van der Waals surface area contributed by atoms with E-state index in [4.69, 9.17) is 21.1 Å². The first kappa shape index (κ1) is 21.3. The number of ketones is 2. The highest BCUT2D eigenvalue weighted by atomic mass is 35.5. The molecule has 1 aromatic rings. The Labute approximate surface area is 165 Å². The molecule has 0 radical (unpaired) electrons. The summed E-state index contributed by atoms with van der Waals surface area (Å²) in [5, 5.41) is 1.47. The smallest absolute Gasteiger partial charge is 0.348 e. The van der Waals surface area contributed by atoms with Crippen LogP contribution in [0.3, 0.4) is 0 Å². The van der Waals surface area contributed by atoms with Gasteiger partial charge in [-0.05, 0) is 13.8 Å². The summed E-state index contributed by atoms with van der Waals surface area (Å²) in [6, 6.07) is 5.80. The maximum Gasteiger partial charge on any atom is 0.348 e. The molecule has 0 atom stereocenters. The van der Waals surface area contributed by atoms with E-state index in [9.17, 15) is 24.0 Å². The standard InChI is InChI=1S/C19H18ClNO7/c1-4-27-17(25)19(21-10(3)22,18(26)28-5-2)13-14(20)16(24)12-9-7-6-8-11(12)15(13)23/h6-9H,4-5H2,1-3H3,(H,21,22). The number of rotatable bonds is 6. The van der Waals surface area contributed by atoms with Gasteiger partial charge in [0.1, 0.15) is 0 Å². The summed E-state index contributed by atoms with van der Waals surface area (Å²) < 4.78 is 9.88. The van der Waals surface area contributed by atoms with Crippen LogP contribution in [0.4, 0.5) is 0 Å². The van der Waals surface area contributed by atoms with E-state index in [1.54, 1.807) is 0 Å². The number of carbonyl (C=O) groups excluding carboxylic acids is 5. The fourth-order valence-corrected chi connectivity index (χ4v) is 3.20. The molecule has 1 amide bonds. The molecule has 9 heteroatoms. The summed E-state index contributed by atoms with van der Waals surface area (Å²) in [7, 11) is 0. The molecule has 0 heterocycles. The molecule has 1 N–H and O–H groups in total. The number of carbonyl (C=O) groups is 5. The summed E-state index contributed by atoms with van der Waals surface area (Å²) in [5.41, 5.74) is -3.46. The Morgan fingerprint density at radius 2 is 1.43 bits per heavy atom. The molecule has 0 saturated carbocycles. The molecular weight excluding hydrogens is 390 g/mol. The van der Waals surface area contributed by atoms with Crippen molar-refractivity contribution >= 4 is 41.0 Å². The molecule has 0 saturated heterocycles. The Morgan fingerprint density at radius 3 is 1.86 bits per heavy atom. The fourth-order valence-electron chi connectivity index (χ4n) is 2.87. The van der Waals surface area contributed by atoms with Crippen LogP contribution in [-0.4, -0.2) is 48.2 Å². The quantitative estimate of drug-likeness (QED) is 0.561. The number of amides is 1. The Morgan fingerprint density at radius 1 is 0.964 bits per heavy atom. The van der Waals surface area contributed by atoms with Gasteiger partial charge in [-0.2, -0.15) is 0 Å². The van der Waals surface area contributed by atoms with Crippen LogP contribution in [-0.2, 0) is 23.9 Å². The Hall–Kier alpha value is -3.00. The Bertz CT molecular complexity index is 885. The lowest BCUT2D eigenvalue weighted by atomic mass is 9.78. The molecule has 28 heavy (non-hydrogen) atoms. The minimum atomic E-state index is -2.71. The van der Waals surface area contributed by atoms with Gasteiger partial charge in [0.05, 0.1) is 23.8 Å². The molecule has 0 fully saturated rings. The van der Waals surface area contributed by atoms with Crippen molar-refractivity contribution < 1.29 is 33.4 Å². The van der Waals surface area contributed by atoms with Crippen LogP contribution < -0.4 is 5.32 Å². The van der Waals surface area contributed by atoms with Gasteiger partial charge in [-0.1, -0.05) is 35.9 Å². The molecule has 0 unspecified atom stereocenters. The summed E-state index contributed by atoms with van der Waals surface area (Å²) in [6.45, 7) is 3.65. The van der Waals surface area contributed by atoms with Gasteiger partial charge < -0.3 is 14.8 Å². The summed E-state index contributed by atoms with van der Waals surface area (Å²) in [4.78, 5) is 63.4. The van der Waals surface area contributed by atoms with Gasteiger partial charge in [0.2, 0.25) is 11.7 Å². The van der Waals surface area contributed by atoms with Crippen molar-refractivity contribution in [2.45, 2.75) is 26.3 Å². The van der Waals surface area contributed by atoms with E-state index in [1.807, 2.05) is 0 Å². The zero-order valence-electron chi connectivity index (χ0n) is 15.5. The number of halogens is 1. The summed E-state index contributed by atoms with van der Waals surface area (Å²) in [6.07, 6.45) is 0. The third kappa shape index (κ3) is 3.43. The summed E-state index contributed by atoms with van der Waals surface area (Å²) >= 11 is 6.15. The van der Waals surface area contributed by atoms with E-state index < -0.39 is 45.6 Å². The van der Waals surface area contributed by atoms with E-state index >= 15 is 0 Å². The van der Waals surface area contributed by atoms with Crippen LogP contribution in [0.1, 0.15) is 41.5 Å². The number of hydrogen-bond donors (Lipinski definition) is 1. The number of nitrogens with one attached hydrogen (secondary N) is 1. The second kappa shape index (κ2) is 8.35. The van der Waals surface area contributed by atoms with E-state index in [-0.39, 0.29) is 24.3 Å². The topological polar surface area (TPSA) is 116 Å². The second-order valence-electron chi connectivity index (χ2n) is 5.76. The van der Waals surface area contributed by atoms with Gasteiger partial charge in [-0.15, -0.1) is 0 Å². The summed E-state index contributed by atoms with van der Waals surface area (Å²) in [5.74, 6) is -5.03. The van der Waals surface area contributed by atoms with Gasteiger partial charge >= 0.3 is 11.9 Å².